The zero-order valence-corrected chi connectivity index (χ0v) is 15.0. The summed E-state index contributed by atoms with van der Waals surface area (Å²) in [6.45, 7) is 2.93. The van der Waals surface area contributed by atoms with Gasteiger partial charge in [0.15, 0.2) is 0 Å². The van der Waals surface area contributed by atoms with Crippen molar-refractivity contribution >= 4 is 28.3 Å². The molecule has 27 heavy (non-hydrogen) atoms. The second-order valence-electron chi connectivity index (χ2n) is 7.88. The molecule has 6 rings (SSSR count). The average molecular weight is 359 g/mol. The lowest BCUT2D eigenvalue weighted by Gasteiger charge is -2.27. The van der Waals surface area contributed by atoms with Crippen molar-refractivity contribution in [3.05, 3.63) is 42.2 Å². The maximum atomic E-state index is 12.4. The van der Waals surface area contributed by atoms with Gasteiger partial charge in [0.05, 0.1) is 17.7 Å². The number of hydrogen-bond acceptors (Lipinski definition) is 4. The van der Waals surface area contributed by atoms with Crippen molar-refractivity contribution < 1.29 is 4.79 Å². The molecule has 4 heterocycles. The van der Waals surface area contributed by atoms with Crippen molar-refractivity contribution in [2.45, 2.75) is 18.3 Å². The van der Waals surface area contributed by atoms with Gasteiger partial charge < -0.3 is 20.5 Å². The van der Waals surface area contributed by atoms with E-state index in [-0.39, 0.29) is 5.91 Å². The number of H-pyrrole nitrogens is 1. The number of rotatable bonds is 2. The van der Waals surface area contributed by atoms with Gasteiger partial charge in [0.25, 0.3) is 0 Å². The van der Waals surface area contributed by atoms with Crippen LogP contribution in [0, 0.1) is 0 Å². The molecule has 1 spiro atoms. The van der Waals surface area contributed by atoms with Gasteiger partial charge in [-0.25, -0.2) is 4.98 Å². The molecule has 1 aromatic carbocycles. The topological polar surface area (TPSA) is 73.1 Å². The highest BCUT2D eigenvalue weighted by Gasteiger charge is 2.49. The zero-order valence-electron chi connectivity index (χ0n) is 15.0. The molecule has 1 aliphatic carbocycles. The number of para-hydroxylation sites is 1. The number of aromatic nitrogens is 2. The van der Waals surface area contributed by atoms with Gasteiger partial charge in [0, 0.05) is 59.5 Å². The number of piperazine rings is 1. The summed E-state index contributed by atoms with van der Waals surface area (Å²) in [6, 6.07) is 8.49. The molecule has 0 bridgehead atoms. The Balaban J connectivity index is 1.47. The fraction of sp³-hybridized carbons (Fsp3) is 0.333. The summed E-state index contributed by atoms with van der Waals surface area (Å²) >= 11 is 0. The highest BCUT2D eigenvalue weighted by Crippen LogP contribution is 2.54. The number of nitrogens with one attached hydrogen (secondary N) is 3. The van der Waals surface area contributed by atoms with E-state index in [1.54, 1.807) is 0 Å². The van der Waals surface area contributed by atoms with Crippen LogP contribution >= 0.6 is 0 Å². The van der Waals surface area contributed by atoms with Gasteiger partial charge in [-0.2, -0.15) is 0 Å². The van der Waals surface area contributed by atoms with Crippen LogP contribution in [-0.2, 0) is 10.2 Å². The van der Waals surface area contributed by atoms with Crippen LogP contribution in [0.5, 0.6) is 0 Å². The first-order chi connectivity index (χ1) is 13.3. The number of anilines is 2. The van der Waals surface area contributed by atoms with Crippen molar-refractivity contribution in [2.75, 3.05) is 36.4 Å². The zero-order chi connectivity index (χ0) is 18.0. The van der Waals surface area contributed by atoms with Gasteiger partial charge in [0.2, 0.25) is 5.91 Å². The van der Waals surface area contributed by atoms with Crippen molar-refractivity contribution in [2.24, 2.45) is 0 Å². The Hall–Kier alpha value is -2.86. The fourth-order valence-corrected chi connectivity index (χ4v) is 4.57. The van der Waals surface area contributed by atoms with Gasteiger partial charge in [-0.1, -0.05) is 12.1 Å². The van der Waals surface area contributed by atoms with E-state index in [2.05, 4.69) is 32.7 Å². The van der Waals surface area contributed by atoms with E-state index < -0.39 is 0 Å². The minimum atomic E-state index is 0.117. The third-order valence-corrected chi connectivity index (χ3v) is 6.29. The van der Waals surface area contributed by atoms with E-state index in [0.717, 1.165) is 46.6 Å². The second-order valence-corrected chi connectivity index (χ2v) is 7.88. The van der Waals surface area contributed by atoms with Crippen molar-refractivity contribution in [1.29, 1.82) is 0 Å². The summed E-state index contributed by atoms with van der Waals surface area (Å²) in [5.41, 5.74) is 5.94. The summed E-state index contributed by atoms with van der Waals surface area (Å²) in [6.07, 6.45) is 6.51. The fourth-order valence-electron chi connectivity index (χ4n) is 4.57. The van der Waals surface area contributed by atoms with E-state index in [0.29, 0.717) is 18.5 Å². The molecule has 0 atom stereocenters. The normalized spacial score (nSPS) is 20.1. The molecule has 1 saturated heterocycles. The smallest absolute Gasteiger partial charge is 0.241 e. The molecule has 1 amide bonds. The van der Waals surface area contributed by atoms with E-state index in [9.17, 15) is 4.79 Å². The lowest BCUT2D eigenvalue weighted by molar-refractivity contribution is -0.118. The summed E-state index contributed by atoms with van der Waals surface area (Å²) < 4.78 is 0. The number of nitrogens with zero attached hydrogens (tertiary/aromatic N) is 2. The van der Waals surface area contributed by atoms with Crippen molar-refractivity contribution in [1.82, 2.24) is 15.3 Å². The first kappa shape index (κ1) is 15.2. The van der Waals surface area contributed by atoms with Gasteiger partial charge >= 0.3 is 0 Å². The molecule has 6 nitrogen and oxygen atoms in total. The Kier molecular flexibility index (Phi) is 3.00. The van der Waals surface area contributed by atoms with E-state index in [1.165, 1.54) is 18.4 Å². The number of carbonyl (C=O) groups excluding carboxylic acids is 1. The molecular weight excluding hydrogens is 338 g/mol. The summed E-state index contributed by atoms with van der Waals surface area (Å²) in [7, 11) is 0. The lowest BCUT2D eigenvalue weighted by atomic mass is 9.96. The SMILES string of the molecule is O=C1CNCCN1c1cccc2c(-c3cnc4c(c3)C3(CC3)CN4)c[nH]c12. The molecule has 1 saturated carbocycles. The maximum Gasteiger partial charge on any atom is 0.241 e. The number of carbonyl (C=O) groups is 1. The molecule has 3 aromatic rings. The van der Waals surface area contributed by atoms with Crippen molar-refractivity contribution in [3.8, 4) is 11.1 Å². The molecule has 3 aliphatic rings. The quantitative estimate of drug-likeness (QED) is 0.658. The first-order valence-corrected chi connectivity index (χ1v) is 9.61. The summed E-state index contributed by atoms with van der Waals surface area (Å²) in [5.74, 6) is 1.16. The average Bonchev–Trinajstić information content (AvgIpc) is 3.22. The molecule has 0 unspecified atom stereocenters. The predicted octanol–water partition coefficient (Wildman–Crippen LogP) is 2.62. The van der Waals surface area contributed by atoms with Crippen LogP contribution in [-0.4, -0.2) is 42.1 Å². The van der Waals surface area contributed by atoms with Crippen LogP contribution in [0.3, 0.4) is 0 Å². The number of pyridine rings is 1. The van der Waals surface area contributed by atoms with E-state index in [4.69, 9.17) is 0 Å². The van der Waals surface area contributed by atoms with E-state index in [1.807, 2.05) is 29.4 Å². The van der Waals surface area contributed by atoms with Crippen LogP contribution in [0.4, 0.5) is 11.5 Å². The molecule has 3 N–H and O–H groups in total. The standard InChI is InChI=1S/C21H21N5O/c27-18-11-22-6-7-26(18)17-3-1-2-14-15(10-23-19(14)17)13-8-16-20(24-9-13)25-12-21(16)4-5-21/h1-3,8-10,22-23H,4-7,11-12H2,(H,24,25). The van der Waals surface area contributed by atoms with Crippen LogP contribution in [0.2, 0.25) is 0 Å². The molecule has 2 fully saturated rings. The molecule has 136 valence electrons. The van der Waals surface area contributed by atoms with Crippen LogP contribution in [0.1, 0.15) is 18.4 Å². The van der Waals surface area contributed by atoms with Gasteiger partial charge in [-0.3, -0.25) is 4.79 Å². The Morgan fingerprint density at radius 2 is 2.15 bits per heavy atom. The number of aromatic amines is 1. The molecular formula is C21H21N5O. The second kappa shape index (κ2) is 5.33. The highest BCUT2D eigenvalue weighted by atomic mass is 16.2. The Labute approximate surface area is 157 Å². The van der Waals surface area contributed by atoms with Gasteiger partial charge in [-0.15, -0.1) is 0 Å². The third kappa shape index (κ3) is 2.16. The predicted molar refractivity (Wildman–Crippen MR) is 106 cm³/mol. The lowest BCUT2D eigenvalue weighted by Crippen LogP contribution is -2.48. The minimum absolute atomic E-state index is 0.117. The van der Waals surface area contributed by atoms with Gasteiger partial charge in [-0.05, 0) is 25.0 Å². The van der Waals surface area contributed by atoms with Crippen LogP contribution < -0.4 is 15.5 Å². The first-order valence-electron chi connectivity index (χ1n) is 9.61. The maximum absolute atomic E-state index is 12.4. The van der Waals surface area contributed by atoms with Gasteiger partial charge in [0.1, 0.15) is 5.82 Å². The number of fused-ring (bicyclic) bond motifs is 3. The Morgan fingerprint density at radius 3 is 3.00 bits per heavy atom. The Morgan fingerprint density at radius 1 is 1.22 bits per heavy atom. The number of hydrogen-bond donors (Lipinski definition) is 3. The Bertz CT molecular complexity index is 1080. The van der Waals surface area contributed by atoms with Crippen molar-refractivity contribution in [3.63, 3.8) is 0 Å². The van der Waals surface area contributed by atoms with Crippen LogP contribution in [0.25, 0.3) is 22.0 Å². The number of amides is 1. The monoisotopic (exact) mass is 359 g/mol. The summed E-state index contributed by atoms with van der Waals surface area (Å²) in [5, 5.41) is 7.72. The van der Waals surface area contributed by atoms with E-state index >= 15 is 0 Å². The third-order valence-electron chi connectivity index (χ3n) is 6.29. The molecule has 0 radical (unpaired) electrons. The molecule has 2 aliphatic heterocycles. The number of benzene rings is 1. The molecule has 6 heteroatoms. The molecule has 2 aromatic heterocycles. The summed E-state index contributed by atoms with van der Waals surface area (Å²) in [4.78, 5) is 22.3. The van der Waals surface area contributed by atoms with Crippen LogP contribution in [0.15, 0.2) is 36.7 Å². The highest BCUT2D eigenvalue weighted by molar-refractivity contribution is 6.07. The largest absolute Gasteiger partial charge is 0.369 e. The minimum Gasteiger partial charge on any atom is -0.369 e.